The summed E-state index contributed by atoms with van der Waals surface area (Å²) in [6, 6.07) is -0.417. The number of nitrogens with one attached hydrogen (secondary N) is 2. The van der Waals surface area contributed by atoms with E-state index >= 15 is 0 Å². The number of carbonyl (C=O) groups is 2. The Morgan fingerprint density at radius 1 is 1.47 bits per heavy atom. The molecule has 0 aliphatic carbocycles. The topological polar surface area (TPSA) is 87.7 Å². The lowest BCUT2D eigenvalue weighted by atomic mass is 9.97. The van der Waals surface area contributed by atoms with Gasteiger partial charge in [-0.3, -0.25) is 9.59 Å². The van der Waals surface area contributed by atoms with Gasteiger partial charge in [0.2, 0.25) is 5.91 Å². The largest absolute Gasteiger partial charge is 0.481 e. The van der Waals surface area contributed by atoms with E-state index in [1.165, 1.54) is 0 Å². The van der Waals surface area contributed by atoms with Crippen LogP contribution in [0.4, 0.5) is 0 Å². The number of amides is 1. The normalized spacial score (nSPS) is 37.0. The Kier molecular flexibility index (Phi) is 3.35. The molecule has 0 aromatic carbocycles. The molecule has 2 fully saturated rings. The van der Waals surface area contributed by atoms with Gasteiger partial charge in [-0.05, 0) is 26.3 Å². The van der Waals surface area contributed by atoms with E-state index in [4.69, 9.17) is 9.84 Å². The molecule has 0 radical (unpaired) electrons. The Bertz CT molecular complexity index is 325. The molecular formula is C11H18N2O4. The molecular weight excluding hydrogens is 224 g/mol. The predicted octanol–water partition coefficient (Wildman–Crippen LogP) is -0.656. The summed E-state index contributed by atoms with van der Waals surface area (Å²) in [6.45, 7) is 3.12. The number of carbonyl (C=O) groups excluding carboxylic acids is 1. The van der Waals surface area contributed by atoms with Gasteiger partial charge >= 0.3 is 5.97 Å². The minimum absolute atomic E-state index is 0.128. The second-order valence-corrected chi connectivity index (χ2v) is 4.92. The van der Waals surface area contributed by atoms with Crippen LogP contribution in [0.3, 0.4) is 0 Å². The second kappa shape index (κ2) is 4.62. The van der Waals surface area contributed by atoms with Gasteiger partial charge in [0, 0.05) is 0 Å². The van der Waals surface area contributed by atoms with E-state index in [-0.39, 0.29) is 19.1 Å². The van der Waals surface area contributed by atoms with Gasteiger partial charge in [-0.1, -0.05) is 0 Å². The standard InChI is InChI=1S/C11H18N2O4/c1-11(3-2-4-12-11)10(16)13-8-6-17-5-7(8)9(14)15/h7-8,12H,2-6H2,1H3,(H,13,16)(H,14,15). The number of carboxylic acids is 1. The molecule has 6 heteroatoms. The van der Waals surface area contributed by atoms with E-state index in [0.717, 1.165) is 19.4 Å². The van der Waals surface area contributed by atoms with Crippen molar-refractivity contribution >= 4 is 11.9 Å². The van der Waals surface area contributed by atoms with E-state index in [9.17, 15) is 9.59 Å². The van der Waals surface area contributed by atoms with Crippen LogP contribution >= 0.6 is 0 Å². The fourth-order valence-corrected chi connectivity index (χ4v) is 2.36. The number of hydrogen-bond donors (Lipinski definition) is 3. The van der Waals surface area contributed by atoms with E-state index in [0.29, 0.717) is 0 Å². The average Bonchev–Trinajstić information content (AvgIpc) is 2.87. The highest BCUT2D eigenvalue weighted by Gasteiger charge is 2.41. The first-order valence-corrected chi connectivity index (χ1v) is 5.89. The van der Waals surface area contributed by atoms with Gasteiger partial charge in [0.15, 0.2) is 0 Å². The van der Waals surface area contributed by atoms with Crippen LogP contribution in [-0.2, 0) is 14.3 Å². The summed E-state index contributed by atoms with van der Waals surface area (Å²) in [7, 11) is 0. The lowest BCUT2D eigenvalue weighted by Gasteiger charge is -2.26. The minimum atomic E-state index is -0.919. The van der Waals surface area contributed by atoms with Crippen molar-refractivity contribution in [2.75, 3.05) is 19.8 Å². The summed E-state index contributed by atoms with van der Waals surface area (Å²) in [6.07, 6.45) is 1.75. The smallest absolute Gasteiger partial charge is 0.311 e. The van der Waals surface area contributed by atoms with E-state index in [1.807, 2.05) is 6.92 Å². The average molecular weight is 242 g/mol. The molecule has 6 nitrogen and oxygen atoms in total. The van der Waals surface area contributed by atoms with Crippen LogP contribution in [0, 0.1) is 5.92 Å². The van der Waals surface area contributed by atoms with Crippen LogP contribution in [0.1, 0.15) is 19.8 Å². The molecule has 1 amide bonds. The van der Waals surface area contributed by atoms with Crippen molar-refractivity contribution in [1.29, 1.82) is 0 Å². The summed E-state index contributed by atoms with van der Waals surface area (Å²) in [5.74, 6) is -1.68. The molecule has 2 rings (SSSR count). The summed E-state index contributed by atoms with van der Waals surface area (Å²) < 4.78 is 5.11. The minimum Gasteiger partial charge on any atom is -0.481 e. The van der Waals surface area contributed by atoms with Crippen molar-refractivity contribution in [3.63, 3.8) is 0 Å². The van der Waals surface area contributed by atoms with Crippen molar-refractivity contribution in [3.05, 3.63) is 0 Å². The molecule has 0 aromatic heterocycles. The van der Waals surface area contributed by atoms with Crippen LogP contribution in [0.25, 0.3) is 0 Å². The lowest BCUT2D eigenvalue weighted by molar-refractivity contribution is -0.142. The van der Waals surface area contributed by atoms with Crippen LogP contribution in [0.5, 0.6) is 0 Å². The van der Waals surface area contributed by atoms with Gasteiger partial charge in [-0.2, -0.15) is 0 Å². The maximum absolute atomic E-state index is 12.1. The zero-order valence-corrected chi connectivity index (χ0v) is 9.86. The van der Waals surface area contributed by atoms with Crippen LogP contribution in [0.2, 0.25) is 0 Å². The maximum atomic E-state index is 12.1. The molecule has 3 atom stereocenters. The first-order valence-electron chi connectivity index (χ1n) is 5.89. The second-order valence-electron chi connectivity index (χ2n) is 4.92. The Balaban J connectivity index is 1.96. The quantitative estimate of drug-likeness (QED) is 0.612. The van der Waals surface area contributed by atoms with Crippen molar-refractivity contribution in [2.45, 2.75) is 31.3 Å². The van der Waals surface area contributed by atoms with Crippen molar-refractivity contribution < 1.29 is 19.4 Å². The van der Waals surface area contributed by atoms with E-state index < -0.39 is 23.5 Å². The third-order valence-electron chi connectivity index (χ3n) is 3.58. The highest BCUT2D eigenvalue weighted by Crippen LogP contribution is 2.20. The summed E-state index contributed by atoms with van der Waals surface area (Å²) in [5.41, 5.74) is -0.564. The molecule has 17 heavy (non-hydrogen) atoms. The summed E-state index contributed by atoms with van der Waals surface area (Å²) in [4.78, 5) is 23.0. The molecule has 3 N–H and O–H groups in total. The Morgan fingerprint density at radius 2 is 2.24 bits per heavy atom. The molecule has 2 aliphatic heterocycles. The Hall–Kier alpha value is -1.14. The van der Waals surface area contributed by atoms with E-state index in [2.05, 4.69) is 10.6 Å². The summed E-state index contributed by atoms with van der Waals surface area (Å²) in [5, 5.41) is 14.9. The number of ether oxygens (including phenoxy) is 1. The SMILES string of the molecule is CC1(C(=O)NC2COCC2C(=O)O)CCCN1. The molecule has 0 aromatic rings. The van der Waals surface area contributed by atoms with Gasteiger partial charge in [0.25, 0.3) is 0 Å². The molecule has 0 saturated carbocycles. The van der Waals surface area contributed by atoms with Gasteiger partial charge in [-0.25, -0.2) is 0 Å². The van der Waals surface area contributed by atoms with Gasteiger partial charge in [0.05, 0.1) is 24.8 Å². The lowest BCUT2D eigenvalue weighted by Crippen LogP contribution is -2.55. The van der Waals surface area contributed by atoms with Gasteiger partial charge in [-0.15, -0.1) is 0 Å². The summed E-state index contributed by atoms with van der Waals surface area (Å²) >= 11 is 0. The zero-order chi connectivity index (χ0) is 12.5. The van der Waals surface area contributed by atoms with Crippen molar-refractivity contribution in [3.8, 4) is 0 Å². The fourth-order valence-electron chi connectivity index (χ4n) is 2.36. The molecule has 0 bridgehead atoms. The first kappa shape index (κ1) is 12.3. The van der Waals surface area contributed by atoms with Crippen LogP contribution in [0.15, 0.2) is 0 Å². The monoisotopic (exact) mass is 242 g/mol. The maximum Gasteiger partial charge on any atom is 0.311 e. The first-order chi connectivity index (χ1) is 8.03. The number of hydrogen-bond acceptors (Lipinski definition) is 4. The van der Waals surface area contributed by atoms with Crippen LogP contribution < -0.4 is 10.6 Å². The molecule has 3 unspecified atom stereocenters. The van der Waals surface area contributed by atoms with Crippen molar-refractivity contribution in [1.82, 2.24) is 10.6 Å². The predicted molar refractivity (Wildman–Crippen MR) is 59.5 cm³/mol. The molecule has 0 spiro atoms. The molecule has 2 saturated heterocycles. The number of rotatable bonds is 3. The third kappa shape index (κ3) is 2.42. The fraction of sp³-hybridized carbons (Fsp3) is 0.818. The third-order valence-corrected chi connectivity index (χ3v) is 3.58. The zero-order valence-electron chi connectivity index (χ0n) is 9.86. The van der Waals surface area contributed by atoms with Crippen LogP contribution in [-0.4, -0.2) is 48.3 Å². The highest BCUT2D eigenvalue weighted by atomic mass is 16.5. The highest BCUT2D eigenvalue weighted by molar-refractivity contribution is 5.87. The Morgan fingerprint density at radius 3 is 2.82 bits per heavy atom. The number of aliphatic carboxylic acids is 1. The molecule has 2 aliphatic rings. The molecule has 96 valence electrons. The Labute approximate surface area is 99.7 Å². The van der Waals surface area contributed by atoms with Gasteiger partial charge < -0.3 is 20.5 Å². The van der Waals surface area contributed by atoms with E-state index in [1.54, 1.807) is 0 Å². The van der Waals surface area contributed by atoms with Crippen molar-refractivity contribution in [2.24, 2.45) is 5.92 Å². The van der Waals surface area contributed by atoms with Gasteiger partial charge in [0.1, 0.15) is 5.92 Å². The molecule has 2 heterocycles. The number of carboxylic acid groups (broad SMARTS) is 1.